The molecule has 0 spiro atoms. The number of nitrogens with one attached hydrogen (secondary N) is 1. The summed E-state index contributed by atoms with van der Waals surface area (Å²) in [6, 6.07) is 1.82. The van der Waals surface area contributed by atoms with Gasteiger partial charge in [0, 0.05) is 11.6 Å². The summed E-state index contributed by atoms with van der Waals surface area (Å²) in [5.74, 6) is -0.279. The van der Waals surface area contributed by atoms with E-state index in [-0.39, 0.29) is 22.6 Å². The highest BCUT2D eigenvalue weighted by molar-refractivity contribution is 6.32. The molecule has 0 aromatic heterocycles. The maximum atomic E-state index is 14.2. The second-order valence-corrected chi connectivity index (χ2v) is 4.74. The summed E-state index contributed by atoms with van der Waals surface area (Å²) in [7, 11) is 2.85. The first-order valence-electron chi connectivity index (χ1n) is 6.02. The van der Waals surface area contributed by atoms with Gasteiger partial charge in [-0.1, -0.05) is 18.0 Å². The minimum atomic E-state index is -0.533. The molecule has 0 radical (unpaired) electrons. The van der Waals surface area contributed by atoms with Crippen molar-refractivity contribution in [2.24, 2.45) is 0 Å². The zero-order valence-electron chi connectivity index (χ0n) is 10.6. The van der Waals surface area contributed by atoms with Crippen molar-refractivity contribution in [1.29, 1.82) is 0 Å². The van der Waals surface area contributed by atoms with Crippen molar-refractivity contribution in [2.45, 2.75) is 25.3 Å². The van der Waals surface area contributed by atoms with Crippen LogP contribution in [0.15, 0.2) is 6.07 Å². The van der Waals surface area contributed by atoms with Gasteiger partial charge in [0.15, 0.2) is 11.5 Å². The average Bonchev–Trinajstić information content (AvgIpc) is 2.39. The summed E-state index contributed by atoms with van der Waals surface area (Å²) in [6.45, 7) is 0.930. The molecule has 0 bridgehead atoms. The van der Waals surface area contributed by atoms with Gasteiger partial charge in [0.05, 0.1) is 19.2 Å². The standard InChI is InChI=1S/C13H17ClFNO2/c1-17-12-8(10-5-3-4-6-16-10)7-9(14)13(18-2)11(12)15/h7,10,16H,3-6H2,1-2H3. The van der Waals surface area contributed by atoms with Gasteiger partial charge < -0.3 is 14.8 Å². The highest BCUT2D eigenvalue weighted by Gasteiger charge is 2.25. The van der Waals surface area contributed by atoms with E-state index in [1.54, 1.807) is 6.07 Å². The van der Waals surface area contributed by atoms with Crippen LogP contribution in [0.5, 0.6) is 11.5 Å². The van der Waals surface area contributed by atoms with Gasteiger partial charge in [-0.3, -0.25) is 0 Å². The van der Waals surface area contributed by atoms with Gasteiger partial charge in [-0.15, -0.1) is 0 Å². The Bertz CT molecular complexity index is 433. The summed E-state index contributed by atoms with van der Waals surface area (Å²) in [5, 5.41) is 3.63. The molecule has 0 aliphatic carbocycles. The van der Waals surface area contributed by atoms with Gasteiger partial charge in [0.25, 0.3) is 0 Å². The van der Waals surface area contributed by atoms with E-state index < -0.39 is 5.82 Å². The number of piperidine rings is 1. The third-order valence-corrected chi connectivity index (χ3v) is 3.53. The largest absolute Gasteiger partial charge is 0.493 e. The Labute approximate surface area is 111 Å². The summed E-state index contributed by atoms with van der Waals surface area (Å²) in [6.07, 6.45) is 3.22. The lowest BCUT2D eigenvalue weighted by Crippen LogP contribution is -2.27. The molecule has 1 aliphatic rings. The molecule has 1 heterocycles. The molecular formula is C13H17ClFNO2. The lowest BCUT2D eigenvalue weighted by Gasteiger charge is -2.26. The maximum absolute atomic E-state index is 14.2. The van der Waals surface area contributed by atoms with E-state index in [2.05, 4.69) is 5.32 Å². The molecule has 1 fully saturated rings. The Morgan fingerprint density at radius 3 is 2.56 bits per heavy atom. The van der Waals surface area contributed by atoms with E-state index in [4.69, 9.17) is 21.1 Å². The molecule has 0 saturated carbocycles. The zero-order chi connectivity index (χ0) is 13.1. The maximum Gasteiger partial charge on any atom is 0.208 e. The van der Waals surface area contributed by atoms with Crippen LogP contribution in [0.2, 0.25) is 5.02 Å². The first kappa shape index (κ1) is 13.4. The van der Waals surface area contributed by atoms with Crippen molar-refractivity contribution in [3.63, 3.8) is 0 Å². The molecule has 2 rings (SSSR count). The molecule has 1 unspecified atom stereocenters. The number of hydrogen-bond donors (Lipinski definition) is 1. The van der Waals surface area contributed by atoms with Crippen LogP contribution in [0.1, 0.15) is 30.9 Å². The van der Waals surface area contributed by atoms with Gasteiger partial charge in [-0.05, 0) is 25.5 Å². The number of hydrogen-bond acceptors (Lipinski definition) is 3. The normalized spacial score (nSPS) is 19.7. The molecule has 0 amide bonds. The Hall–Kier alpha value is -1.00. The smallest absolute Gasteiger partial charge is 0.208 e. The molecule has 3 nitrogen and oxygen atoms in total. The Balaban J connectivity index is 2.45. The number of halogens is 2. The van der Waals surface area contributed by atoms with E-state index in [9.17, 15) is 4.39 Å². The molecule has 18 heavy (non-hydrogen) atoms. The second kappa shape index (κ2) is 5.76. The fraction of sp³-hybridized carbons (Fsp3) is 0.538. The summed E-state index contributed by atoms with van der Waals surface area (Å²) >= 11 is 6.03. The number of methoxy groups -OCH3 is 2. The number of rotatable bonds is 3. The van der Waals surface area contributed by atoms with Crippen molar-refractivity contribution >= 4 is 11.6 Å². The average molecular weight is 274 g/mol. The van der Waals surface area contributed by atoms with Crippen molar-refractivity contribution in [2.75, 3.05) is 20.8 Å². The quantitative estimate of drug-likeness (QED) is 0.916. The molecule has 5 heteroatoms. The SMILES string of the molecule is COc1c(Cl)cc(C2CCCCN2)c(OC)c1F. The monoisotopic (exact) mass is 273 g/mol. The van der Waals surface area contributed by atoms with E-state index in [0.717, 1.165) is 31.4 Å². The first-order chi connectivity index (χ1) is 8.69. The molecule has 1 saturated heterocycles. The van der Waals surface area contributed by atoms with Crippen LogP contribution in [0.25, 0.3) is 0 Å². The molecule has 1 atom stereocenters. The molecule has 1 N–H and O–H groups in total. The third-order valence-electron chi connectivity index (χ3n) is 3.25. The topological polar surface area (TPSA) is 30.5 Å². The zero-order valence-corrected chi connectivity index (χ0v) is 11.3. The van der Waals surface area contributed by atoms with E-state index in [0.29, 0.717) is 0 Å². The van der Waals surface area contributed by atoms with Gasteiger partial charge in [-0.25, -0.2) is 0 Å². The van der Waals surface area contributed by atoms with Gasteiger partial charge in [0.1, 0.15) is 0 Å². The van der Waals surface area contributed by atoms with Crippen molar-refractivity contribution in [3.05, 3.63) is 22.5 Å². The van der Waals surface area contributed by atoms with Gasteiger partial charge >= 0.3 is 0 Å². The van der Waals surface area contributed by atoms with Gasteiger partial charge in [0.2, 0.25) is 5.82 Å². The molecule has 1 aromatic carbocycles. The predicted molar refractivity (Wildman–Crippen MR) is 69.1 cm³/mol. The fourth-order valence-corrected chi connectivity index (χ4v) is 2.65. The minimum Gasteiger partial charge on any atom is -0.493 e. The first-order valence-corrected chi connectivity index (χ1v) is 6.40. The minimum absolute atomic E-state index is 0.0353. The summed E-state index contributed by atoms with van der Waals surface area (Å²) < 4.78 is 24.3. The number of ether oxygens (including phenoxy) is 2. The third kappa shape index (κ3) is 2.40. The summed E-state index contributed by atoms with van der Waals surface area (Å²) in [4.78, 5) is 0. The van der Waals surface area contributed by atoms with Crippen LogP contribution in [-0.2, 0) is 0 Å². The van der Waals surface area contributed by atoms with Crippen LogP contribution >= 0.6 is 11.6 Å². The van der Waals surface area contributed by atoms with E-state index in [1.807, 2.05) is 0 Å². The van der Waals surface area contributed by atoms with Crippen molar-refractivity contribution in [3.8, 4) is 11.5 Å². The van der Waals surface area contributed by atoms with Crippen molar-refractivity contribution in [1.82, 2.24) is 5.32 Å². The Kier molecular flexibility index (Phi) is 4.30. The Morgan fingerprint density at radius 1 is 1.28 bits per heavy atom. The van der Waals surface area contributed by atoms with Crippen LogP contribution in [0.3, 0.4) is 0 Å². The molecule has 100 valence electrons. The molecule has 1 aromatic rings. The van der Waals surface area contributed by atoms with Crippen LogP contribution in [0.4, 0.5) is 4.39 Å². The highest BCUT2D eigenvalue weighted by atomic mass is 35.5. The van der Waals surface area contributed by atoms with E-state index in [1.165, 1.54) is 14.2 Å². The lowest BCUT2D eigenvalue weighted by atomic mass is 9.96. The predicted octanol–water partition coefficient (Wildman–Crippen LogP) is 3.31. The second-order valence-electron chi connectivity index (χ2n) is 4.33. The van der Waals surface area contributed by atoms with Crippen LogP contribution in [0, 0.1) is 5.82 Å². The lowest BCUT2D eigenvalue weighted by molar-refractivity contribution is 0.334. The number of benzene rings is 1. The fourth-order valence-electron chi connectivity index (χ4n) is 2.37. The van der Waals surface area contributed by atoms with Crippen LogP contribution < -0.4 is 14.8 Å². The Morgan fingerprint density at radius 2 is 2.00 bits per heavy atom. The van der Waals surface area contributed by atoms with Gasteiger partial charge in [-0.2, -0.15) is 4.39 Å². The van der Waals surface area contributed by atoms with Crippen LogP contribution in [-0.4, -0.2) is 20.8 Å². The highest BCUT2D eigenvalue weighted by Crippen LogP contribution is 2.41. The molecular weight excluding hydrogens is 257 g/mol. The van der Waals surface area contributed by atoms with E-state index >= 15 is 0 Å². The van der Waals surface area contributed by atoms with Crippen molar-refractivity contribution < 1.29 is 13.9 Å². The summed E-state index contributed by atoms with van der Waals surface area (Å²) in [5.41, 5.74) is 0.764. The molecule has 1 aliphatic heterocycles.